The first kappa shape index (κ1) is 17.8. The lowest BCUT2D eigenvalue weighted by atomic mass is 10.1. The van der Waals surface area contributed by atoms with Gasteiger partial charge in [-0.1, -0.05) is 48.5 Å². The molecule has 0 heterocycles. The summed E-state index contributed by atoms with van der Waals surface area (Å²) in [6.45, 7) is -0.158. The van der Waals surface area contributed by atoms with Crippen LogP contribution >= 0.6 is 15.9 Å². The summed E-state index contributed by atoms with van der Waals surface area (Å²) in [6.07, 6.45) is 1.57. The molecule has 3 aromatic carbocycles. The third-order valence-electron chi connectivity index (χ3n) is 3.70. The lowest BCUT2D eigenvalue weighted by Gasteiger charge is -2.05. The van der Waals surface area contributed by atoms with Crippen molar-refractivity contribution in [1.29, 1.82) is 0 Å². The van der Waals surface area contributed by atoms with Crippen LogP contribution in [-0.4, -0.2) is 24.6 Å². The number of nitrogens with one attached hydrogen (secondary N) is 2. The van der Waals surface area contributed by atoms with Crippen LogP contribution in [0.15, 0.2) is 76.3 Å². The first-order chi connectivity index (χ1) is 12.6. The third kappa shape index (κ3) is 4.55. The number of halogens is 1. The lowest BCUT2D eigenvalue weighted by Crippen LogP contribution is -2.35. The fourth-order valence-corrected chi connectivity index (χ4v) is 2.87. The van der Waals surface area contributed by atoms with Crippen molar-refractivity contribution in [1.82, 2.24) is 10.7 Å². The highest BCUT2D eigenvalue weighted by molar-refractivity contribution is 9.10. The highest BCUT2D eigenvalue weighted by Gasteiger charge is 2.10. The Morgan fingerprint density at radius 3 is 2.50 bits per heavy atom. The molecule has 0 spiro atoms. The molecule has 6 heteroatoms. The van der Waals surface area contributed by atoms with E-state index in [0.29, 0.717) is 10.0 Å². The van der Waals surface area contributed by atoms with E-state index in [2.05, 4.69) is 31.8 Å². The van der Waals surface area contributed by atoms with Gasteiger partial charge < -0.3 is 5.32 Å². The molecule has 2 amide bonds. The maximum atomic E-state index is 12.0. The second kappa shape index (κ2) is 8.40. The second-order valence-electron chi connectivity index (χ2n) is 5.56. The van der Waals surface area contributed by atoms with E-state index in [4.69, 9.17) is 0 Å². The van der Waals surface area contributed by atoms with Crippen molar-refractivity contribution in [2.24, 2.45) is 5.10 Å². The van der Waals surface area contributed by atoms with Crippen molar-refractivity contribution in [3.8, 4) is 0 Å². The van der Waals surface area contributed by atoms with Gasteiger partial charge in [0, 0.05) is 4.47 Å². The monoisotopic (exact) mass is 409 g/mol. The number of rotatable bonds is 5. The Morgan fingerprint density at radius 2 is 1.69 bits per heavy atom. The zero-order valence-corrected chi connectivity index (χ0v) is 15.4. The van der Waals surface area contributed by atoms with Gasteiger partial charge >= 0.3 is 0 Å². The van der Waals surface area contributed by atoms with Crippen molar-refractivity contribution in [2.45, 2.75) is 0 Å². The van der Waals surface area contributed by atoms with E-state index in [1.54, 1.807) is 24.4 Å². The fraction of sp³-hybridized carbons (Fsp3) is 0.0500. The third-order valence-corrected chi connectivity index (χ3v) is 4.40. The van der Waals surface area contributed by atoms with Gasteiger partial charge in [-0.2, -0.15) is 5.10 Å². The van der Waals surface area contributed by atoms with E-state index >= 15 is 0 Å². The van der Waals surface area contributed by atoms with Gasteiger partial charge in [0.05, 0.1) is 18.3 Å². The average Bonchev–Trinajstić information content (AvgIpc) is 2.66. The number of nitrogens with zero attached hydrogens (tertiary/aromatic N) is 1. The molecule has 130 valence electrons. The first-order valence-electron chi connectivity index (χ1n) is 7.97. The molecular formula is C20H16BrN3O2. The van der Waals surface area contributed by atoms with Crippen LogP contribution in [0.4, 0.5) is 0 Å². The molecule has 3 rings (SSSR count). The minimum Gasteiger partial charge on any atom is -0.343 e. The minimum atomic E-state index is -0.401. The van der Waals surface area contributed by atoms with E-state index in [1.165, 1.54) is 0 Å². The Hall–Kier alpha value is -2.99. The number of hydrogen-bond donors (Lipinski definition) is 2. The zero-order chi connectivity index (χ0) is 18.4. The summed E-state index contributed by atoms with van der Waals surface area (Å²) in [5.74, 6) is -0.728. The van der Waals surface area contributed by atoms with Crippen molar-refractivity contribution in [3.63, 3.8) is 0 Å². The lowest BCUT2D eigenvalue weighted by molar-refractivity contribution is -0.120. The molecule has 0 bridgehead atoms. The standard InChI is InChI=1S/C20H16BrN3O2/c21-18-8-4-3-7-17(18)20(26)22-13-19(25)24-23-12-14-9-10-15-5-1-2-6-16(15)11-14/h1-12H,13H2,(H,22,26)(H,24,25)/b23-12+. The maximum absolute atomic E-state index is 12.0. The number of carbonyl (C=O) groups is 2. The van der Waals surface area contributed by atoms with Crippen LogP contribution in [0.5, 0.6) is 0 Å². The number of hydrogen-bond acceptors (Lipinski definition) is 3. The SMILES string of the molecule is O=C(CNC(=O)c1ccccc1Br)N/N=C/c1ccc2ccccc2c1. The Balaban J connectivity index is 1.52. The quantitative estimate of drug-likeness (QED) is 0.500. The van der Waals surface area contributed by atoms with Crippen molar-refractivity contribution in [2.75, 3.05) is 6.54 Å². The number of fused-ring (bicyclic) bond motifs is 1. The van der Waals surface area contributed by atoms with Crippen molar-refractivity contribution >= 4 is 44.7 Å². The van der Waals surface area contributed by atoms with Gasteiger partial charge in [-0.25, -0.2) is 5.43 Å². The van der Waals surface area contributed by atoms with E-state index in [9.17, 15) is 9.59 Å². The van der Waals surface area contributed by atoms with E-state index in [0.717, 1.165) is 16.3 Å². The predicted octanol–water partition coefficient (Wildman–Crippen LogP) is 3.48. The minimum absolute atomic E-state index is 0.158. The highest BCUT2D eigenvalue weighted by atomic mass is 79.9. The molecule has 0 radical (unpaired) electrons. The van der Waals surface area contributed by atoms with Gasteiger partial charge in [-0.15, -0.1) is 0 Å². The molecule has 0 fully saturated rings. The zero-order valence-electron chi connectivity index (χ0n) is 13.8. The molecule has 0 aromatic heterocycles. The predicted molar refractivity (Wildman–Crippen MR) is 106 cm³/mol. The molecular weight excluding hydrogens is 394 g/mol. The van der Waals surface area contributed by atoms with Crippen molar-refractivity contribution < 1.29 is 9.59 Å². The first-order valence-corrected chi connectivity index (χ1v) is 8.76. The molecule has 0 saturated carbocycles. The van der Waals surface area contributed by atoms with Crippen LogP contribution in [0.25, 0.3) is 10.8 Å². The Kier molecular flexibility index (Phi) is 5.76. The van der Waals surface area contributed by atoms with Crippen LogP contribution in [-0.2, 0) is 4.79 Å². The topological polar surface area (TPSA) is 70.6 Å². The average molecular weight is 410 g/mol. The van der Waals surface area contributed by atoms with Gasteiger partial charge in [-0.3, -0.25) is 9.59 Å². The molecule has 0 atom stereocenters. The van der Waals surface area contributed by atoms with Gasteiger partial charge in [0.25, 0.3) is 11.8 Å². The van der Waals surface area contributed by atoms with Crippen LogP contribution in [0.2, 0.25) is 0 Å². The molecule has 3 aromatic rings. The molecule has 0 saturated heterocycles. The van der Waals surface area contributed by atoms with Gasteiger partial charge in [-0.05, 0) is 50.5 Å². The normalized spacial score (nSPS) is 10.8. The number of carbonyl (C=O) groups excluding carboxylic acids is 2. The van der Waals surface area contributed by atoms with E-state index in [1.807, 2.05) is 48.5 Å². The van der Waals surface area contributed by atoms with E-state index in [-0.39, 0.29) is 12.5 Å². The summed E-state index contributed by atoms with van der Waals surface area (Å²) in [5, 5.41) is 8.73. The van der Waals surface area contributed by atoms with Crippen LogP contribution in [0.1, 0.15) is 15.9 Å². The molecule has 0 aliphatic heterocycles. The summed E-state index contributed by atoms with van der Waals surface area (Å²) < 4.78 is 0.673. The molecule has 5 nitrogen and oxygen atoms in total. The summed E-state index contributed by atoms with van der Waals surface area (Å²) in [5.41, 5.74) is 3.75. The summed E-state index contributed by atoms with van der Waals surface area (Å²) in [7, 11) is 0. The fourth-order valence-electron chi connectivity index (χ4n) is 2.41. The van der Waals surface area contributed by atoms with Crippen molar-refractivity contribution in [3.05, 3.63) is 82.3 Å². The summed E-state index contributed by atoms with van der Waals surface area (Å²) in [4.78, 5) is 23.8. The van der Waals surface area contributed by atoms with Gasteiger partial charge in [0.15, 0.2) is 0 Å². The molecule has 2 N–H and O–H groups in total. The Bertz CT molecular complexity index is 985. The molecule has 26 heavy (non-hydrogen) atoms. The smallest absolute Gasteiger partial charge is 0.259 e. The number of hydrazone groups is 1. The van der Waals surface area contributed by atoms with Crippen LogP contribution < -0.4 is 10.7 Å². The Labute approximate surface area is 159 Å². The van der Waals surface area contributed by atoms with Gasteiger partial charge in [0.1, 0.15) is 0 Å². The van der Waals surface area contributed by atoms with Gasteiger partial charge in [0.2, 0.25) is 0 Å². The highest BCUT2D eigenvalue weighted by Crippen LogP contribution is 2.15. The summed E-state index contributed by atoms with van der Waals surface area (Å²) in [6, 6.07) is 20.9. The van der Waals surface area contributed by atoms with Crippen LogP contribution in [0.3, 0.4) is 0 Å². The summed E-state index contributed by atoms with van der Waals surface area (Å²) >= 11 is 3.30. The molecule has 0 aliphatic carbocycles. The number of benzene rings is 3. The largest absolute Gasteiger partial charge is 0.343 e. The second-order valence-corrected chi connectivity index (χ2v) is 6.42. The molecule has 0 aliphatic rings. The molecule has 0 unspecified atom stereocenters. The van der Waals surface area contributed by atoms with Crippen LogP contribution in [0, 0.1) is 0 Å². The maximum Gasteiger partial charge on any atom is 0.259 e. The number of amides is 2. The van der Waals surface area contributed by atoms with E-state index < -0.39 is 5.91 Å². The Morgan fingerprint density at radius 1 is 0.962 bits per heavy atom.